The molecule has 1 aromatic carbocycles. The Balaban J connectivity index is 1.60. The van der Waals surface area contributed by atoms with Gasteiger partial charge in [0, 0.05) is 19.6 Å². The zero-order valence-electron chi connectivity index (χ0n) is 17.6. The molecule has 0 aromatic heterocycles. The Morgan fingerprint density at radius 1 is 1.04 bits per heavy atom. The maximum Gasteiger partial charge on any atom is 0.0356 e. The van der Waals surface area contributed by atoms with Crippen LogP contribution in [0.2, 0.25) is 0 Å². The van der Waals surface area contributed by atoms with Gasteiger partial charge in [-0.1, -0.05) is 64.1 Å². The fraction of sp³-hybridized carbons (Fsp3) is 0.600. The molecule has 2 heteroatoms. The first-order chi connectivity index (χ1) is 12.8. The number of rotatable bonds is 4. The highest BCUT2D eigenvalue weighted by atomic mass is 15.5. The number of hydrogen-bond acceptors (Lipinski definition) is 2. The minimum Gasteiger partial charge on any atom is -0.251 e. The van der Waals surface area contributed by atoms with Gasteiger partial charge in [0.05, 0.1) is 0 Å². The van der Waals surface area contributed by atoms with E-state index in [1.807, 2.05) is 0 Å². The van der Waals surface area contributed by atoms with E-state index in [0.717, 1.165) is 25.4 Å². The van der Waals surface area contributed by atoms with Crippen LogP contribution in [0, 0.1) is 16.7 Å². The molecule has 0 radical (unpaired) electrons. The van der Waals surface area contributed by atoms with Crippen LogP contribution in [0.1, 0.15) is 70.9 Å². The predicted octanol–water partition coefficient (Wildman–Crippen LogP) is 5.92. The zero-order valence-corrected chi connectivity index (χ0v) is 17.6. The van der Waals surface area contributed by atoms with Gasteiger partial charge in [-0.05, 0) is 71.1 Å². The van der Waals surface area contributed by atoms with E-state index >= 15 is 0 Å². The molecule has 0 amide bonds. The van der Waals surface area contributed by atoms with Gasteiger partial charge in [0.2, 0.25) is 0 Å². The average Bonchev–Trinajstić information content (AvgIpc) is 3.40. The molecule has 27 heavy (non-hydrogen) atoms. The Kier molecular flexibility index (Phi) is 5.07. The van der Waals surface area contributed by atoms with Crippen molar-refractivity contribution in [3.8, 4) is 0 Å². The molecular formula is C25H36N2. The van der Waals surface area contributed by atoms with Gasteiger partial charge in [-0.2, -0.15) is 0 Å². The first kappa shape index (κ1) is 19.0. The molecule has 1 aromatic rings. The summed E-state index contributed by atoms with van der Waals surface area (Å²) in [6, 6.07) is 9.08. The van der Waals surface area contributed by atoms with Crippen molar-refractivity contribution in [1.82, 2.24) is 10.4 Å². The summed E-state index contributed by atoms with van der Waals surface area (Å²) < 4.78 is 0. The van der Waals surface area contributed by atoms with Crippen molar-refractivity contribution in [2.45, 2.75) is 59.8 Å². The van der Waals surface area contributed by atoms with Crippen molar-refractivity contribution in [2.24, 2.45) is 16.7 Å². The minimum atomic E-state index is 0.265. The predicted molar refractivity (Wildman–Crippen MR) is 116 cm³/mol. The average molecular weight is 365 g/mol. The first-order valence-corrected chi connectivity index (χ1v) is 10.8. The van der Waals surface area contributed by atoms with Gasteiger partial charge in [0.1, 0.15) is 0 Å². The van der Waals surface area contributed by atoms with Crippen molar-refractivity contribution in [2.75, 3.05) is 19.6 Å². The van der Waals surface area contributed by atoms with Crippen LogP contribution < -0.4 is 5.43 Å². The summed E-state index contributed by atoms with van der Waals surface area (Å²) in [6.07, 6.45) is 11.4. The Hall–Kier alpha value is -1.38. The number of benzene rings is 1. The highest BCUT2D eigenvalue weighted by Gasteiger charge is 2.34. The SMILES string of the molecule is CC1(C)C=C(c2ccccc2C2=CCCN(CC3CC3)NC2)CC(C)(C)C1. The van der Waals surface area contributed by atoms with Crippen molar-refractivity contribution < 1.29 is 0 Å². The van der Waals surface area contributed by atoms with Gasteiger partial charge >= 0.3 is 0 Å². The quantitative estimate of drug-likeness (QED) is 0.713. The number of allylic oxidation sites excluding steroid dienone is 2. The van der Waals surface area contributed by atoms with Crippen LogP contribution >= 0.6 is 0 Å². The van der Waals surface area contributed by atoms with E-state index < -0.39 is 0 Å². The third kappa shape index (κ3) is 4.73. The van der Waals surface area contributed by atoms with Crippen LogP contribution in [-0.4, -0.2) is 24.6 Å². The molecule has 146 valence electrons. The van der Waals surface area contributed by atoms with Crippen molar-refractivity contribution in [3.63, 3.8) is 0 Å². The molecule has 0 atom stereocenters. The molecule has 1 aliphatic heterocycles. The Labute approximate surface area is 165 Å². The van der Waals surface area contributed by atoms with Gasteiger partial charge < -0.3 is 0 Å². The Bertz CT molecular complexity index is 749. The first-order valence-electron chi connectivity index (χ1n) is 10.8. The van der Waals surface area contributed by atoms with E-state index in [-0.39, 0.29) is 5.41 Å². The summed E-state index contributed by atoms with van der Waals surface area (Å²) in [6.45, 7) is 12.9. The van der Waals surface area contributed by atoms with E-state index in [9.17, 15) is 0 Å². The van der Waals surface area contributed by atoms with Gasteiger partial charge in [-0.25, -0.2) is 5.01 Å². The Morgan fingerprint density at radius 2 is 1.74 bits per heavy atom. The van der Waals surface area contributed by atoms with E-state index in [4.69, 9.17) is 0 Å². The molecule has 0 unspecified atom stereocenters. The molecular weight excluding hydrogens is 328 g/mol. The minimum absolute atomic E-state index is 0.265. The summed E-state index contributed by atoms with van der Waals surface area (Å²) in [7, 11) is 0. The third-order valence-electron chi connectivity index (χ3n) is 6.25. The lowest BCUT2D eigenvalue weighted by atomic mass is 9.65. The van der Waals surface area contributed by atoms with Gasteiger partial charge in [0.15, 0.2) is 0 Å². The molecule has 0 bridgehead atoms. The monoisotopic (exact) mass is 364 g/mol. The topological polar surface area (TPSA) is 15.3 Å². The van der Waals surface area contributed by atoms with Crippen molar-refractivity contribution >= 4 is 11.1 Å². The highest BCUT2D eigenvalue weighted by Crippen LogP contribution is 2.48. The number of hydrazine groups is 1. The molecule has 0 saturated heterocycles. The Morgan fingerprint density at radius 3 is 2.41 bits per heavy atom. The van der Waals surface area contributed by atoms with Gasteiger partial charge in [-0.3, -0.25) is 5.43 Å². The number of nitrogens with one attached hydrogen (secondary N) is 1. The molecule has 0 spiro atoms. The summed E-state index contributed by atoms with van der Waals surface area (Å²) in [4.78, 5) is 0. The standard InChI is InChI=1S/C25H36N2/c1-24(2)14-21(15-25(3,4)18-24)23-10-6-5-9-22(23)20-8-7-13-27(26-16-20)17-19-11-12-19/h5-6,8-10,14,19,26H,7,11-13,15-18H2,1-4H3. The summed E-state index contributed by atoms with van der Waals surface area (Å²) in [5, 5.41) is 2.45. The second-order valence-electron chi connectivity index (χ2n) is 10.5. The maximum atomic E-state index is 3.71. The van der Waals surface area contributed by atoms with Gasteiger partial charge in [0.25, 0.3) is 0 Å². The summed E-state index contributed by atoms with van der Waals surface area (Å²) in [5.41, 5.74) is 10.2. The fourth-order valence-electron chi connectivity index (χ4n) is 5.32. The zero-order chi connectivity index (χ0) is 19.1. The van der Waals surface area contributed by atoms with Crippen LogP contribution in [0.4, 0.5) is 0 Å². The highest BCUT2D eigenvalue weighted by molar-refractivity contribution is 5.81. The van der Waals surface area contributed by atoms with E-state index in [1.54, 1.807) is 0 Å². The molecule has 1 heterocycles. The van der Waals surface area contributed by atoms with E-state index in [2.05, 4.69) is 74.5 Å². The normalized spacial score (nSPS) is 25.5. The molecule has 4 rings (SSSR count). The number of nitrogens with zero attached hydrogens (tertiary/aromatic N) is 1. The second-order valence-corrected chi connectivity index (χ2v) is 10.5. The molecule has 1 saturated carbocycles. The van der Waals surface area contributed by atoms with Crippen LogP contribution in [-0.2, 0) is 0 Å². The number of hydrogen-bond donors (Lipinski definition) is 1. The summed E-state index contributed by atoms with van der Waals surface area (Å²) in [5.74, 6) is 0.934. The smallest absolute Gasteiger partial charge is 0.0356 e. The van der Waals surface area contributed by atoms with Crippen LogP contribution in [0.25, 0.3) is 11.1 Å². The third-order valence-corrected chi connectivity index (χ3v) is 6.25. The van der Waals surface area contributed by atoms with Crippen molar-refractivity contribution in [1.29, 1.82) is 0 Å². The summed E-state index contributed by atoms with van der Waals surface area (Å²) >= 11 is 0. The fourth-order valence-corrected chi connectivity index (χ4v) is 5.32. The lowest BCUT2D eigenvalue weighted by Gasteiger charge is -2.40. The lowest BCUT2D eigenvalue weighted by molar-refractivity contribution is 0.197. The van der Waals surface area contributed by atoms with Gasteiger partial charge in [-0.15, -0.1) is 0 Å². The van der Waals surface area contributed by atoms with Crippen LogP contribution in [0.3, 0.4) is 0 Å². The lowest BCUT2D eigenvalue weighted by Crippen LogP contribution is -2.39. The molecule has 3 aliphatic rings. The molecule has 1 N–H and O–H groups in total. The van der Waals surface area contributed by atoms with Crippen molar-refractivity contribution in [3.05, 3.63) is 47.5 Å². The van der Waals surface area contributed by atoms with Crippen LogP contribution in [0.5, 0.6) is 0 Å². The van der Waals surface area contributed by atoms with Crippen LogP contribution in [0.15, 0.2) is 36.4 Å². The molecule has 2 nitrogen and oxygen atoms in total. The second kappa shape index (κ2) is 7.22. The van der Waals surface area contributed by atoms with E-state index in [1.165, 1.54) is 54.5 Å². The van der Waals surface area contributed by atoms with E-state index in [0.29, 0.717) is 5.41 Å². The largest absolute Gasteiger partial charge is 0.251 e. The molecule has 1 fully saturated rings. The molecule has 2 aliphatic carbocycles. The maximum absolute atomic E-state index is 3.71.